The van der Waals surface area contributed by atoms with Gasteiger partial charge < -0.3 is 9.64 Å². The smallest absolute Gasteiger partial charge is 0.120 e. The van der Waals surface area contributed by atoms with E-state index in [4.69, 9.17) is 4.74 Å². The molecule has 1 aromatic carbocycles. The molecule has 118 valence electrons. The molecule has 3 heterocycles. The Morgan fingerprint density at radius 1 is 1.23 bits per heavy atom. The Morgan fingerprint density at radius 2 is 2.00 bits per heavy atom. The van der Waals surface area contributed by atoms with Crippen molar-refractivity contribution >= 4 is 27.7 Å². The lowest BCUT2D eigenvalue weighted by Gasteiger charge is -2.36. The van der Waals surface area contributed by atoms with Gasteiger partial charge in [0.1, 0.15) is 11.9 Å². The van der Waals surface area contributed by atoms with Crippen molar-refractivity contribution in [1.29, 1.82) is 0 Å². The van der Waals surface area contributed by atoms with E-state index in [9.17, 15) is 0 Å². The van der Waals surface area contributed by atoms with E-state index in [2.05, 4.69) is 57.6 Å². The molecule has 0 saturated carbocycles. The highest BCUT2D eigenvalue weighted by Gasteiger charge is 2.39. The van der Waals surface area contributed by atoms with E-state index >= 15 is 0 Å². The van der Waals surface area contributed by atoms with Crippen molar-refractivity contribution in [2.45, 2.75) is 49.8 Å². The van der Waals surface area contributed by atoms with Crippen LogP contribution in [0.1, 0.15) is 37.2 Å². The zero-order chi connectivity index (χ0) is 15.1. The second kappa shape index (κ2) is 6.21. The molecule has 4 atom stereocenters. The van der Waals surface area contributed by atoms with Crippen LogP contribution in [0.3, 0.4) is 0 Å². The molecule has 2 bridgehead atoms. The van der Waals surface area contributed by atoms with E-state index in [0.717, 1.165) is 23.6 Å². The van der Waals surface area contributed by atoms with Gasteiger partial charge in [0, 0.05) is 28.2 Å². The van der Waals surface area contributed by atoms with Gasteiger partial charge >= 0.3 is 0 Å². The van der Waals surface area contributed by atoms with E-state index in [-0.39, 0.29) is 0 Å². The number of benzene rings is 1. The first-order valence-corrected chi connectivity index (χ1v) is 10.0. The van der Waals surface area contributed by atoms with Crippen LogP contribution in [-0.2, 0) is 0 Å². The topological polar surface area (TPSA) is 12.5 Å². The molecular formula is C18H22BrNOS. The summed E-state index contributed by atoms with van der Waals surface area (Å²) in [6.45, 7) is 0. The highest BCUT2D eigenvalue weighted by Crippen LogP contribution is 2.38. The maximum atomic E-state index is 6.30. The average Bonchev–Trinajstić information content (AvgIpc) is 3.07. The van der Waals surface area contributed by atoms with Gasteiger partial charge in [0.2, 0.25) is 0 Å². The number of thioether (sulfide) groups is 1. The van der Waals surface area contributed by atoms with Crippen LogP contribution < -0.4 is 4.74 Å². The number of piperidine rings is 1. The van der Waals surface area contributed by atoms with Crippen molar-refractivity contribution in [1.82, 2.24) is 4.90 Å². The van der Waals surface area contributed by atoms with Crippen LogP contribution in [0.4, 0.5) is 0 Å². The van der Waals surface area contributed by atoms with Crippen molar-refractivity contribution < 1.29 is 4.74 Å². The third-order valence-corrected chi connectivity index (χ3v) is 7.00. The number of allylic oxidation sites excluding steroid dienone is 1. The highest BCUT2D eigenvalue weighted by molar-refractivity contribution is 9.10. The molecule has 0 N–H and O–H groups in total. The summed E-state index contributed by atoms with van der Waals surface area (Å²) in [5, 5.41) is 2.20. The largest absolute Gasteiger partial charge is 0.490 e. The monoisotopic (exact) mass is 379 g/mol. The quantitative estimate of drug-likeness (QED) is 0.748. The fraction of sp³-hybridized carbons (Fsp3) is 0.556. The van der Waals surface area contributed by atoms with Crippen LogP contribution in [0.15, 0.2) is 34.2 Å². The third kappa shape index (κ3) is 2.85. The van der Waals surface area contributed by atoms with Crippen LogP contribution in [0, 0.1) is 0 Å². The Hall–Kier alpha value is -0.450. The molecule has 0 aliphatic carbocycles. The number of rotatable bonds is 3. The Kier molecular flexibility index (Phi) is 4.27. The van der Waals surface area contributed by atoms with Crippen molar-refractivity contribution in [2.24, 2.45) is 0 Å². The van der Waals surface area contributed by atoms with Crippen LogP contribution in [-0.4, -0.2) is 35.9 Å². The first-order valence-electron chi connectivity index (χ1n) is 8.17. The fourth-order valence-corrected chi connectivity index (χ4v) is 5.65. The molecule has 4 rings (SSSR count). The highest BCUT2D eigenvalue weighted by atomic mass is 79.9. The number of ether oxygens (including phenoxy) is 1. The van der Waals surface area contributed by atoms with Gasteiger partial charge in [0.25, 0.3) is 0 Å². The maximum Gasteiger partial charge on any atom is 0.120 e. The van der Waals surface area contributed by atoms with Crippen LogP contribution in [0.2, 0.25) is 0 Å². The van der Waals surface area contributed by atoms with E-state index in [1.54, 1.807) is 0 Å². The number of hydrogen-bond donors (Lipinski definition) is 0. The van der Waals surface area contributed by atoms with Crippen molar-refractivity contribution in [3.63, 3.8) is 0 Å². The van der Waals surface area contributed by atoms with Crippen LogP contribution in [0.5, 0.6) is 5.75 Å². The summed E-state index contributed by atoms with van der Waals surface area (Å²) >= 11 is 5.62. The minimum absolute atomic E-state index is 0.383. The molecule has 0 aromatic heterocycles. The number of halogens is 1. The number of fused-ring (bicyclic) bond motifs is 2. The van der Waals surface area contributed by atoms with Crippen LogP contribution in [0.25, 0.3) is 0 Å². The zero-order valence-corrected chi connectivity index (χ0v) is 15.3. The summed E-state index contributed by atoms with van der Waals surface area (Å²) < 4.78 is 7.48. The van der Waals surface area contributed by atoms with Gasteiger partial charge in [0.15, 0.2) is 0 Å². The summed E-state index contributed by atoms with van der Waals surface area (Å²) in [4.78, 5) is 2.56. The fourth-order valence-electron chi connectivity index (χ4n) is 4.09. The van der Waals surface area contributed by atoms with Crippen molar-refractivity contribution in [3.8, 4) is 5.75 Å². The molecule has 3 aliphatic rings. The predicted octanol–water partition coefficient (Wildman–Crippen LogP) is 4.80. The van der Waals surface area contributed by atoms with Gasteiger partial charge in [-0.05, 0) is 55.8 Å². The van der Waals surface area contributed by atoms with Gasteiger partial charge in [-0.2, -0.15) is 0 Å². The minimum atomic E-state index is 0.383. The van der Waals surface area contributed by atoms with E-state index in [1.165, 1.54) is 35.7 Å². The predicted molar refractivity (Wildman–Crippen MR) is 96.7 cm³/mol. The normalized spacial score (nSPS) is 34.3. The lowest BCUT2D eigenvalue weighted by Crippen LogP contribution is -2.43. The summed E-state index contributed by atoms with van der Waals surface area (Å²) in [7, 11) is 2.27. The van der Waals surface area contributed by atoms with Gasteiger partial charge in [-0.1, -0.05) is 28.1 Å². The number of hydrogen-bond acceptors (Lipinski definition) is 3. The Morgan fingerprint density at radius 3 is 2.64 bits per heavy atom. The summed E-state index contributed by atoms with van der Waals surface area (Å²) in [6.07, 6.45) is 7.71. The summed E-state index contributed by atoms with van der Waals surface area (Å²) in [5.74, 6) is 2.70. The van der Waals surface area contributed by atoms with E-state index < -0.39 is 0 Å². The molecule has 0 amide bonds. The van der Waals surface area contributed by atoms with Gasteiger partial charge in [-0.25, -0.2) is 0 Å². The van der Waals surface area contributed by atoms with Crippen molar-refractivity contribution in [3.05, 3.63) is 39.7 Å². The molecule has 2 nitrogen and oxygen atoms in total. The molecule has 2 saturated heterocycles. The summed E-state index contributed by atoms with van der Waals surface area (Å²) in [5.41, 5.74) is 1.37. The first-order chi connectivity index (χ1) is 10.7. The zero-order valence-electron chi connectivity index (χ0n) is 12.9. The molecule has 0 spiro atoms. The lowest BCUT2D eigenvalue weighted by atomic mass is 10.00. The SMILES string of the molecule is CN1[C@@H]2CC[C@H]1C[C@H](Oc1ccc(C3C=CSC3)c(Br)c1)C2. The average molecular weight is 380 g/mol. The molecule has 1 unspecified atom stereocenters. The molecule has 4 heteroatoms. The second-order valence-corrected chi connectivity index (χ2v) is 8.51. The number of nitrogens with zero attached hydrogens (tertiary/aromatic N) is 1. The Bertz CT molecular complexity index is 576. The standard InChI is InChI=1S/C18H22BrNOS/c1-20-13-2-3-14(20)9-16(8-13)21-15-4-5-17(18(19)10-15)12-6-7-22-11-12/h4-7,10,12-14,16H,2-3,8-9,11H2,1H3/t12?,13-,14+,16-. The molecule has 3 aliphatic heterocycles. The molecule has 0 radical (unpaired) electrons. The molecule has 22 heavy (non-hydrogen) atoms. The van der Waals surface area contributed by atoms with Crippen LogP contribution >= 0.6 is 27.7 Å². The first kappa shape index (κ1) is 15.1. The van der Waals surface area contributed by atoms with Crippen molar-refractivity contribution in [2.75, 3.05) is 12.8 Å². The molecular weight excluding hydrogens is 358 g/mol. The lowest BCUT2D eigenvalue weighted by molar-refractivity contribution is 0.0661. The van der Waals surface area contributed by atoms with Gasteiger partial charge in [0.05, 0.1) is 0 Å². The van der Waals surface area contributed by atoms with E-state index in [1.807, 2.05) is 11.8 Å². The third-order valence-electron chi connectivity index (χ3n) is 5.41. The van der Waals surface area contributed by atoms with Gasteiger partial charge in [-0.15, -0.1) is 11.8 Å². The minimum Gasteiger partial charge on any atom is -0.490 e. The molecule has 1 aromatic rings. The maximum absolute atomic E-state index is 6.30. The molecule has 2 fully saturated rings. The summed E-state index contributed by atoms with van der Waals surface area (Å²) in [6, 6.07) is 7.99. The van der Waals surface area contributed by atoms with Gasteiger partial charge in [-0.3, -0.25) is 0 Å². The Labute approximate surface area is 145 Å². The van der Waals surface area contributed by atoms with E-state index in [0.29, 0.717) is 12.0 Å². The second-order valence-electron chi connectivity index (χ2n) is 6.71. The Balaban J connectivity index is 1.45.